The van der Waals surface area contributed by atoms with Crippen LogP contribution in [0.3, 0.4) is 0 Å². The molecule has 0 aromatic heterocycles. The van der Waals surface area contributed by atoms with Crippen LogP contribution in [-0.4, -0.2) is 87.4 Å². The predicted octanol–water partition coefficient (Wildman–Crippen LogP) is 21.3. The van der Waals surface area contributed by atoms with E-state index in [9.17, 15) is 19.5 Å². The highest BCUT2D eigenvalue weighted by Gasteiger charge is 2.25. The molecule has 9 nitrogen and oxygen atoms in total. The summed E-state index contributed by atoms with van der Waals surface area (Å²) in [6.07, 6.45) is 81.8. The molecule has 0 fully saturated rings. The molecule has 0 heterocycles. The molecule has 0 saturated carbocycles. The molecule has 476 valence electrons. The Balaban J connectivity index is 3.93. The molecule has 0 aliphatic carbocycles. The summed E-state index contributed by atoms with van der Waals surface area (Å²) in [6, 6.07) is 0. The van der Waals surface area contributed by atoms with Gasteiger partial charge in [0.15, 0.2) is 6.10 Å². The molecule has 0 saturated heterocycles. The number of aliphatic carboxylic acids is 1. The van der Waals surface area contributed by atoms with Crippen LogP contribution in [0.15, 0.2) is 72.9 Å². The number of quaternary nitrogens is 1. The Morgan fingerprint density at radius 1 is 0.378 bits per heavy atom. The third kappa shape index (κ3) is 64.3. The molecule has 0 aliphatic heterocycles. The van der Waals surface area contributed by atoms with Crippen LogP contribution in [-0.2, 0) is 33.3 Å². The van der Waals surface area contributed by atoms with Crippen LogP contribution in [0.1, 0.15) is 316 Å². The summed E-state index contributed by atoms with van der Waals surface area (Å²) in [6.45, 7) is 4.76. The maximum absolute atomic E-state index is 12.9. The van der Waals surface area contributed by atoms with Crippen molar-refractivity contribution < 1.29 is 42.9 Å². The van der Waals surface area contributed by atoms with Crippen molar-refractivity contribution in [2.75, 3.05) is 47.5 Å². The van der Waals surface area contributed by atoms with Gasteiger partial charge in [-0.05, 0) is 83.5 Å². The Labute approximate surface area is 507 Å². The van der Waals surface area contributed by atoms with Gasteiger partial charge in [0.1, 0.15) is 13.2 Å². The summed E-state index contributed by atoms with van der Waals surface area (Å²) in [5.74, 6) is -2.01. The quantitative estimate of drug-likeness (QED) is 0.0211. The van der Waals surface area contributed by atoms with Crippen molar-refractivity contribution in [3.8, 4) is 0 Å². The lowest BCUT2D eigenvalue weighted by Gasteiger charge is -2.25. The first-order chi connectivity index (χ1) is 40.1. The van der Waals surface area contributed by atoms with E-state index >= 15 is 0 Å². The number of carboxylic acids is 1. The van der Waals surface area contributed by atoms with Crippen molar-refractivity contribution in [2.45, 2.75) is 328 Å². The van der Waals surface area contributed by atoms with Crippen LogP contribution in [0.5, 0.6) is 0 Å². The highest BCUT2D eigenvalue weighted by Crippen LogP contribution is 2.18. The molecule has 0 rings (SSSR count). The molecule has 2 atom stereocenters. The second kappa shape index (κ2) is 63.7. The van der Waals surface area contributed by atoms with Gasteiger partial charge in [0, 0.05) is 12.8 Å². The van der Waals surface area contributed by atoms with Crippen molar-refractivity contribution in [1.29, 1.82) is 0 Å². The fraction of sp³-hybridized carbons (Fsp3) is 0.795. The van der Waals surface area contributed by atoms with Crippen molar-refractivity contribution >= 4 is 17.9 Å². The molecule has 9 heteroatoms. The van der Waals surface area contributed by atoms with Crippen molar-refractivity contribution in [1.82, 2.24) is 0 Å². The highest BCUT2D eigenvalue weighted by atomic mass is 16.7. The lowest BCUT2D eigenvalue weighted by Crippen LogP contribution is -2.40. The summed E-state index contributed by atoms with van der Waals surface area (Å²) in [7, 11) is 5.97. The molecule has 0 amide bonds. The molecule has 2 unspecified atom stereocenters. The van der Waals surface area contributed by atoms with Gasteiger partial charge in [0.05, 0.1) is 34.4 Å². The molecule has 0 spiro atoms. The molecule has 0 bridgehead atoms. The van der Waals surface area contributed by atoms with Gasteiger partial charge in [-0.2, -0.15) is 0 Å². The largest absolute Gasteiger partial charge is 0.477 e. The van der Waals surface area contributed by atoms with E-state index in [2.05, 4.69) is 86.8 Å². The Kier molecular flexibility index (Phi) is 61.2. The van der Waals surface area contributed by atoms with Crippen molar-refractivity contribution in [3.63, 3.8) is 0 Å². The van der Waals surface area contributed by atoms with E-state index < -0.39 is 24.3 Å². The van der Waals surface area contributed by atoms with Gasteiger partial charge in [-0.1, -0.05) is 292 Å². The summed E-state index contributed by atoms with van der Waals surface area (Å²) in [5.41, 5.74) is 0. The number of hydrogen-bond donors (Lipinski definition) is 1. The number of carbonyl (C=O) groups is 3. The molecule has 0 aliphatic rings. The first kappa shape index (κ1) is 78.7. The zero-order valence-corrected chi connectivity index (χ0v) is 54.4. The van der Waals surface area contributed by atoms with Gasteiger partial charge < -0.3 is 28.5 Å². The molecular formula is C73H132NO8+. The first-order valence-corrected chi connectivity index (χ1v) is 34.6. The predicted molar refractivity (Wildman–Crippen MR) is 350 cm³/mol. The number of likely N-dealkylation sites (N-methyl/N-ethyl adjacent to an activating group) is 1. The number of allylic oxidation sites excluding steroid dienone is 12. The lowest BCUT2D eigenvalue weighted by molar-refractivity contribution is -0.870. The number of hydrogen-bond acceptors (Lipinski definition) is 7. The van der Waals surface area contributed by atoms with Crippen LogP contribution in [0.2, 0.25) is 0 Å². The lowest BCUT2D eigenvalue weighted by atomic mass is 10.0. The second-order valence-electron chi connectivity index (χ2n) is 24.5. The second-order valence-corrected chi connectivity index (χ2v) is 24.5. The SMILES string of the molecule is CC/C=C\C/C=C\C/C=C\C/C=C\CCCCCCCCCCCCCCCCCCCCCCCCCCCCCCC(=O)OC(COC(=O)CCCCCCC/C=C\C/C=C\CCCCCC)COC(OCC[N+](C)(C)C)C(=O)O. The molecule has 0 radical (unpaired) electrons. The minimum absolute atomic E-state index is 0.186. The van der Waals surface area contributed by atoms with E-state index in [4.69, 9.17) is 18.9 Å². The minimum Gasteiger partial charge on any atom is -0.477 e. The third-order valence-corrected chi connectivity index (χ3v) is 15.2. The molecule has 82 heavy (non-hydrogen) atoms. The van der Waals surface area contributed by atoms with E-state index in [1.54, 1.807) is 0 Å². The first-order valence-electron chi connectivity index (χ1n) is 34.6. The molecule has 0 aromatic rings. The van der Waals surface area contributed by atoms with Crippen LogP contribution in [0.25, 0.3) is 0 Å². The number of rotatable bonds is 64. The summed E-state index contributed by atoms with van der Waals surface area (Å²) in [4.78, 5) is 37.5. The summed E-state index contributed by atoms with van der Waals surface area (Å²) in [5, 5.41) is 9.72. The number of esters is 2. The Morgan fingerprint density at radius 3 is 1.04 bits per heavy atom. The Hall–Kier alpha value is -3.27. The summed E-state index contributed by atoms with van der Waals surface area (Å²) >= 11 is 0. The van der Waals surface area contributed by atoms with Gasteiger partial charge in [0.25, 0.3) is 6.29 Å². The van der Waals surface area contributed by atoms with Gasteiger partial charge in [-0.25, -0.2) is 4.79 Å². The van der Waals surface area contributed by atoms with Crippen LogP contribution < -0.4 is 0 Å². The van der Waals surface area contributed by atoms with E-state index in [1.165, 1.54) is 199 Å². The van der Waals surface area contributed by atoms with Gasteiger partial charge >= 0.3 is 17.9 Å². The summed E-state index contributed by atoms with van der Waals surface area (Å²) < 4.78 is 22.9. The molecular weight excluding hydrogens is 1020 g/mol. The number of ether oxygens (including phenoxy) is 4. The van der Waals surface area contributed by atoms with E-state index in [1.807, 2.05) is 21.1 Å². The average molecular weight is 1150 g/mol. The van der Waals surface area contributed by atoms with Crippen molar-refractivity contribution in [3.05, 3.63) is 72.9 Å². The minimum atomic E-state index is -1.51. The van der Waals surface area contributed by atoms with Gasteiger partial charge in [0.2, 0.25) is 0 Å². The normalized spacial score (nSPS) is 13.1. The fourth-order valence-corrected chi connectivity index (χ4v) is 9.92. The average Bonchev–Trinajstić information content (AvgIpc) is 3.45. The fourth-order valence-electron chi connectivity index (χ4n) is 9.92. The van der Waals surface area contributed by atoms with E-state index in [0.717, 1.165) is 89.9 Å². The number of carbonyl (C=O) groups excluding carboxylic acids is 2. The van der Waals surface area contributed by atoms with Crippen LogP contribution in [0.4, 0.5) is 0 Å². The third-order valence-electron chi connectivity index (χ3n) is 15.2. The van der Waals surface area contributed by atoms with Gasteiger partial charge in [-0.3, -0.25) is 9.59 Å². The number of unbranched alkanes of at least 4 members (excludes halogenated alkanes) is 37. The number of nitrogens with zero attached hydrogens (tertiary/aromatic N) is 1. The highest BCUT2D eigenvalue weighted by molar-refractivity contribution is 5.71. The van der Waals surface area contributed by atoms with Crippen LogP contribution in [0, 0.1) is 0 Å². The maximum atomic E-state index is 12.9. The maximum Gasteiger partial charge on any atom is 0.361 e. The molecule has 1 N–H and O–H groups in total. The zero-order valence-electron chi connectivity index (χ0n) is 54.4. The molecule has 0 aromatic carbocycles. The monoisotopic (exact) mass is 1150 g/mol. The van der Waals surface area contributed by atoms with E-state index in [-0.39, 0.29) is 38.6 Å². The smallest absolute Gasteiger partial charge is 0.361 e. The standard InChI is InChI=1S/C73H131NO8/c1-6-8-10-12-14-16-18-20-22-24-25-26-27-28-29-30-31-32-33-34-35-36-37-38-39-40-41-42-43-44-45-46-47-48-50-52-54-56-58-60-62-64-71(76)82-69(68-81-73(72(77)78)79-66-65-74(3,4)5)67-80-70(75)63-61-59-57-55-53-51-49-23-21-19-17-15-13-11-9-7-2/h8,10,14,16-17,19-20,22-23,25-26,49,69,73H,6-7,9,11-13,15,18,21,24,27-48,50-68H2,1-5H3/p+1/b10-8-,16-14-,19-17-,22-20-,26-25-,49-23-. The van der Waals surface area contributed by atoms with Crippen LogP contribution >= 0.6 is 0 Å². The Bertz CT molecular complexity index is 1570. The topological polar surface area (TPSA) is 108 Å². The van der Waals surface area contributed by atoms with Gasteiger partial charge in [-0.15, -0.1) is 0 Å². The van der Waals surface area contributed by atoms with Crippen molar-refractivity contribution in [2.24, 2.45) is 0 Å². The number of carboxylic acid groups (broad SMARTS) is 1. The van der Waals surface area contributed by atoms with E-state index in [0.29, 0.717) is 11.0 Å². The Morgan fingerprint density at radius 2 is 0.695 bits per heavy atom. The zero-order chi connectivity index (χ0) is 59.8.